The standard InChI is InChI=1S/C23H19ClF3N3O/c24-17-8-4-15(5-9-17)21(31)30-22(12-1-13-22)16-6-2-14(3-7-16)18-10-11-19(23(25,26)27)29-20(18)28/h2-11H,1,12-13H2,(H2,28,29)(H,30,31). The van der Waals surface area contributed by atoms with E-state index in [4.69, 9.17) is 17.3 Å². The number of alkyl halides is 3. The highest BCUT2D eigenvalue weighted by molar-refractivity contribution is 6.30. The minimum Gasteiger partial charge on any atom is -0.383 e. The minimum absolute atomic E-state index is 0.183. The fraction of sp³-hybridized carbons (Fsp3) is 0.217. The van der Waals surface area contributed by atoms with E-state index in [1.54, 1.807) is 36.4 Å². The monoisotopic (exact) mass is 445 g/mol. The first-order valence-corrected chi connectivity index (χ1v) is 10.1. The lowest BCUT2D eigenvalue weighted by atomic mass is 9.71. The summed E-state index contributed by atoms with van der Waals surface area (Å²) in [6, 6.07) is 16.2. The highest BCUT2D eigenvalue weighted by atomic mass is 35.5. The lowest BCUT2D eigenvalue weighted by Crippen LogP contribution is -2.50. The average Bonchev–Trinajstić information content (AvgIpc) is 2.70. The van der Waals surface area contributed by atoms with Crippen molar-refractivity contribution >= 4 is 23.3 Å². The Morgan fingerprint density at radius 2 is 1.65 bits per heavy atom. The fourth-order valence-corrected chi connectivity index (χ4v) is 3.88. The summed E-state index contributed by atoms with van der Waals surface area (Å²) in [6.45, 7) is 0. The molecule has 1 amide bonds. The molecule has 2 aromatic carbocycles. The highest BCUT2D eigenvalue weighted by Crippen LogP contribution is 2.42. The third-order valence-corrected chi connectivity index (χ3v) is 5.88. The molecular formula is C23H19ClF3N3O. The number of anilines is 1. The molecule has 160 valence electrons. The number of benzene rings is 2. The van der Waals surface area contributed by atoms with Gasteiger partial charge in [0.05, 0.1) is 5.54 Å². The van der Waals surface area contributed by atoms with Crippen LogP contribution >= 0.6 is 11.6 Å². The van der Waals surface area contributed by atoms with Gasteiger partial charge < -0.3 is 11.1 Å². The van der Waals surface area contributed by atoms with Crippen LogP contribution in [0.3, 0.4) is 0 Å². The Kier molecular flexibility index (Phi) is 5.39. The number of nitrogen functional groups attached to an aromatic ring is 1. The minimum atomic E-state index is -4.55. The normalized spacial score (nSPS) is 15.2. The number of pyridine rings is 1. The summed E-state index contributed by atoms with van der Waals surface area (Å²) < 4.78 is 38.5. The Labute approximate surface area is 182 Å². The number of hydrogen-bond donors (Lipinski definition) is 2. The molecule has 0 radical (unpaired) electrons. The topological polar surface area (TPSA) is 68.0 Å². The number of carbonyl (C=O) groups excluding carboxylic acids is 1. The van der Waals surface area contributed by atoms with E-state index >= 15 is 0 Å². The van der Waals surface area contributed by atoms with Crippen LogP contribution < -0.4 is 11.1 Å². The molecule has 0 spiro atoms. The van der Waals surface area contributed by atoms with Crippen LogP contribution in [-0.2, 0) is 11.7 Å². The second-order valence-corrected chi connectivity index (χ2v) is 8.04. The van der Waals surface area contributed by atoms with E-state index in [0.29, 0.717) is 21.7 Å². The van der Waals surface area contributed by atoms with Crippen molar-refractivity contribution in [1.82, 2.24) is 10.3 Å². The van der Waals surface area contributed by atoms with Crippen LogP contribution in [0.2, 0.25) is 5.02 Å². The molecule has 0 atom stereocenters. The first-order chi connectivity index (χ1) is 14.7. The summed E-state index contributed by atoms with van der Waals surface area (Å²) in [5.41, 5.74) is 6.81. The van der Waals surface area contributed by atoms with Crippen molar-refractivity contribution in [1.29, 1.82) is 0 Å². The van der Waals surface area contributed by atoms with E-state index in [-0.39, 0.29) is 11.7 Å². The van der Waals surface area contributed by atoms with Crippen LogP contribution in [0.4, 0.5) is 19.0 Å². The van der Waals surface area contributed by atoms with Crippen LogP contribution in [0, 0.1) is 0 Å². The van der Waals surface area contributed by atoms with E-state index in [9.17, 15) is 18.0 Å². The molecule has 1 fully saturated rings. The van der Waals surface area contributed by atoms with Gasteiger partial charge in [0, 0.05) is 16.1 Å². The van der Waals surface area contributed by atoms with Crippen molar-refractivity contribution in [3.63, 3.8) is 0 Å². The summed E-state index contributed by atoms with van der Waals surface area (Å²) in [7, 11) is 0. The summed E-state index contributed by atoms with van der Waals surface area (Å²) in [4.78, 5) is 16.2. The SMILES string of the molecule is Nc1nc(C(F)(F)F)ccc1-c1ccc(C2(NC(=O)c3ccc(Cl)cc3)CCC2)cc1. The third kappa shape index (κ3) is 4.23. The van der Waals surface area contributed by atoms with Gasteiger partial charge >= 0.3 is 6.18 Å². The predicted octanol–water partition coefficient (Wildman–Crippen LogP) is 5.81. The molecule has 1 aliphatic carbocycles. The van der Waals surface area contributed by atoms with E-state index in [1.165, 1.54) is 6.07 Å². The van der Waals surface area contributed by atoms with E-state index in [1.807, 2.05) is 12.1 Å². The summed E-state index contributed by atoms with van der Waals surface area (Å²) in [5, 5.41) is 3.69. The van der Waals surface area contributed by atoms with Crippen molar-refractivity contribution in [3.8, 4) is 11.1 Å². The van der Waals surface area contributed by atoms with Gasteiger partial charge in [0.15, 0.2) is 0 Å². The molecule has 1 heterocycles. The van der Waals surface area contributed by atoms with E-state index < -0.39 is 17.4 Å². The van der Waals surface area contributed by atoms with E-state index in [0.717, 1.165) is 30.9 Å². The molecule has 0 bridgehead atoms. The van der Waals surface area contributed by atoms with Crippen LogP contribution in [0.25, 0.3) is 11.1 Å². The third-order valence-electron chi connectivity index (χ3n) is 5.63. The van der Waals surface area contributed by atoms with Crippen LogP contribution in [0.15, 0.2) is 60.7 Å². The molecule has 4 rings (SSSR count). The Morgan fingerprint density at radius 3 is 2.16 bits per heavy atom. The molecule has 0 saturated heterocycles. The number of rotatable bonds is 4. The molecule has 1 saturated carbocycles. The van der Waals surface area contributed by atoms with Gasteiger partial charge in [0.2, 0.25) is 0 Å². The second-order valence-electron chi connectivity index (χ2n) is 7.60. The van der Waals surface area contributed by atoms with Crippen molar-refractivity contribution in [3.05, 3.63) is 82.5 Å². The number of carbonyl (C=O) groups is 1. The van der Waals surface area contributed by atoms with E-state index in [2.05, 4.69) is 10.3 Å². The molecule has 3 aromatic rings. The van der Waals surface area contributed by atoms with Gasteiger partial charge in [0.1, 0.15) is 11.5 Å². The fourth-order valence-electron chi connectivity index (χ4n) is 3.75. The largest absolute Gasteiger partial charge is 0.433 e. The zero-order valence-corrected chi connectivity index (χ0v) is 17.1. The average molecular weight is 446 g/mol. The Bertz CT molecular complexity index is 1110. The van der Waals surface area contributed by atoms with Gasteiger partial charge in [0.25, 0.3) is 5.91 Å². The molecule has 0 unspecified atom stereocenters. The zero-order chi connectivity index (χ0) is 22.2. The first-order valence-electron chi connectivity index (χ1n) is 9.71. The molecular weight excluding hydrogens is 427 g/mol. The lowest BCUT2D eigenvalue weighted by Gasteiger charge is -2.43. The quantitative estimate of drug-likeness (QED) is 0.532. The van der Waals surface area contributed by atoms with Gasteiger partial charge in [-0.15, -0.1) is 0 Å². The predicted molar refractivity (Wildman–Crippen MR) is 114 cm³/mol. The molecule has 0 aliphatic heterocycles. The lowest BCUT2D eigenvalue weighted by molar-refractivity contribution is -0.141. The number of halogens is 4. The second kappa shape index (κ2) is 7.89. The Morgan fingerprint density at radius 1 is 1.00 bits per heavy atom. The summed E-state index contributed by atoms with van der Waals surface area (Å²) >= 11 is 5.89. The zero-order valence-electron chi connectivity index (χ0n) is 16.3. The Balaban J connectivity index is 1.57. The molecule has 31 heavy (non-hydrogen) atoms. The summed E-state index contributed by atoms with van der Waals surface area (Å²) in [6.07, 6.45) is -1.96. The van der Waals surface area contributed by atoms with Crippen molar-refractivity contribution in [2.45, 2.75) is 31.0 Å². The number of hydrogen-bond acceptors (Lipinski definition) is 3. The van der Waals surface area contributed by atoms with Crippen LogP contribution in [0.1, 0.15) is 40.9 Å². The Hall–Kier alpha value is -3.06. The first kappa shape index (κ1) is 21.2. The van der Waals surface area contributed by atoms with Gasteiger partial charge in [-0.3, -0.25) is 4.79 Å². The molecule has 3 N–H and O–H groups in total. The number of nitrogens with two attached hydrogens (primary N) is 1. The molecule has 4 nitrogen and oxygen atoms in total. The van der Waals surface area contributed by atoms with Gasteiger partial charge in [-0.25, -0.2) is 4.98 Å². The van der Waals surface area contributed by atoms with Crippen molar-refractivity contribution in [2.24, 2.45) is 0 Å². The van der Waals surface area contributed by atoms with Crippen LogP contribution in [0.5, 0.6) is 0 Å². The molecule has 8 heteroatoms. The number of nitrogens with one attached hydrogen (secondary N) is 1. The van der Waals surface area contributed by atoms with Gasteiger partial charge in [-0.05, 0) is 66.8 Å². The molecule has 1 aliphatic rings. The molecule has 1 aromatic heterocycles. The maximum Gasteiger partial charge on any atom is 0.433 e. The highest BCUT2D eigenvalue weighted by Gasteiger charge is 2.40. The van der Waals surface area contributed by atoms with Gasteiger partial charge in [-0.2, -0.15) is 13.2 Å². The number of nitrogens with zero attached hydrogens (tertiary/aromatic N) is 1. The van der Waals surface area contributed by atoms with Crippen molar-refractivity contribution in [2.75, 3.05) is 5.73 Å². The maximum absolute atomic E-state index is 12.8. The van der Waals surface area contributed by atoms with Crippen molar-refractivity contribution < 1.29 is 18.0 Å². The number of amides is 1. The maximum atomic E-state index is 12.8. The number of aromatic nitrogens is 1. The summed E-state index contributed by atoms with van der Waals surface area (Å²) in [5.74, 6) is -0.367. The van der Waals surface area contributed by atoms with Gasteiger partial charge in [-0.1, -0.05) is 35.9 Å². The van der Waals surface area contributed by atoms with Crippen LogP contribution in [-0.4, -0.2) is 10.9 Å². The smallest absolute Gasteiger partial charge is 0.383 e.